The lowest BCUT2D eigenvalue weighted by Crippen LogP contribution is -2.20. The number of phenolic OH excluding ortho intramolecular Hbond substituents is 1. The van der Waals surface area contributed by atoms with Crippen LogP contribution in [0, 0.1) is 0 Å². The summed E-state index contributed by atoms with van der Waals surface area (Å²) in [5.41, 5.74) is 0.910. The number of amides is 1. The summed E-state index contributed by atoms with van der Waals surface area (Å²) in [6, 6.07) is 4.69. The van der Waals surface area contributed by atoms with E-state index in [-0.39, 0.29) is 17.2 Å². The number of carbonyl (C=O) groups is 2. The number of esters is 1. The maximum absolute atomic E-state index is 11.4. The summed E-state index contributed by atoms with van der Waals surface area (Å²) in [4.78, 5) is 22.0. The molecule has 0 fully saturated rings. The van der Waals surface area contributed by atoms with Crippen LogP contribution in [0.25, 0.3) is 6.08 Å². The highest BCUT2D eigenvalue weighted by molar-refractivity contribution is 5.93. The van der Waals surface area contributed by atoms with Gasteiger partial charge in [0.05, 0.1) is 7.11 Å². The molecule has 0 aliphatic heterocycles. The van der Waals surface area contributed by atoms with Crippen LogP contribution in [0.4, 0.5) is 0 Å². The molecule has 2 N–H and O–H groups in total. The van der Waals surface area contributed by atoms with Gasteiger partial charge in [-0.3, -0.25) is 4.79 Å². The van der Waals surface area contributed by atoms with Gasteiger partial charge >= 0.3 is 5.97 Å². The molecule has 0 heterocycles. The quantitative estimate of drug-likeness (QED) is 0.626. The van der Waals surface area contributed by atoms with Crippen molar-refractivity contribution in [3.8, 4) is 5.75 Å². The Bertz CT molecular complexity index is 494. The third kappa shape index (κ3) is 4.83. The van der Waals surface area contributed by atoms with Crippen LogP contribution in [0.2, 0.25) is 0 Å². The number of nitrogens with one attached hydrogen (secondary N) is 1. The van der Waals surface area contributed by atoms with Gasteiger partial charge in [0, 0.05) is 13.5 Å². The highest BCUT2D eigenvalue weighted by atomic mass is 16.5. The first-order chi connectivity index (χ1) is 9.04. The van der Waals surface area contributed by atoms with E-state index in [1.165, 1.54) is 20.1 Å². The number of phenols is 1. The second-order valence-corrected chi connectivity index (χ2v) is 3.94. The second kappa shape index (κ2) is 7.20. The average molecular weight is 263 g/mol. The predicted octanol–water partition coefficient (Wildman–Crippen LogP) is 1.72. The molecular formula is C14H17NO4. The van der Waals surface area contributed by atoms with Crippen LogP contribution in [-0.4, -0.2) is 30.6 Å². The monoisotopic (exact) mass is 263 g/mol. The van der Waals surface area contributed by atoms with Gasteiger partial charge in [0.1, 0.15) is 11.3 Å². The lowest BCUT2D eigenvalue weighted by atomic mass is 10.1. The van der Waals surface area contributed by atoms with E-state index in [9.17, 15) is 14.7 Å². The molecule has 0 saturated heterocycles. The maximum Gasteiger partial charge on any atom is 0.341 e. The topological polar surface area (TPSA) is 75.6 Å². The molecule has 0 saturated carbocycles. The van der Waals surface area contributed by atoms with Crippen molar-refractivity contribution < 1.29 is 19.4 Å². The van der Waals surface area contributed by atoms with Crippen molar-refractivity contribution >= 4 is 18.0 Å². The van der Waals surface area contributed by atoms with Gasteiger partial charge in [-0.15, -0.1) is 0 Å². The smallest absolute Gasteiger partial charge is 0.341 e. The van der Waals surface area contributed by atoms with Crippen LogP contribution in [0.1, 0.15) is 29.3 Å². The molecule has 0 radical (unpaired) electrons. The number of hydrogen-bond donors (Lipinski definition) is 2. The molecular weight excluding hydrogens is 246 g/mol. The molecule has 0 unspecified atom stereocenters. The van der Waals surface area contributed by atoms with Crippen LogP contribution in [0.3, 0.4) is 0 Å². The van der Waals surface area contributed by atoms with Crippen molar-refractivity contribution in [1.82, 2.24) is 5.32 Å². The van der Waals surface area contributed by atoms with E-state index in [2.05, 4.69) is 10.1 Å². The van der Waals surface area contributed by atoms with Gasteiger partial charge in [-0.25, -0.2) is 4.79 Å². The molecule has 1 rings (SSSR count). The minimum Gasteiger partial charge on any atom is -0.507 e. The van der Waals surface area contributed by atoms with E-state index < -0.39 is 5.97 Å². The first-order valence-corrected chi connectivity index (χ1v) is 5.87. The highest BCUT2D eigenvalue weighted by Crippen LogP contribution is 2.20. The fraction of sp³-hybridized carbons (Fsp3) is 0.286. The molecule has 102 valence electrons. The summed E-state index contributed by atoms with van der Waals surface area (Å²) in [5, 5.41) is 12.2. The average Bonchev–Trinajstić information content (AvgIpc) is 2.39. The van der Waals surface area contributed by atoms with Gasteiger partial charge in [0.15, 0.2) is 0 Å². The summed E-state index contributed by atoms with van der Waals surface area (Å²) in [5.74, 6) is -0.751. The lowest BCUT2D eigenvalue weighted by Gasteiger charge is -2.03. The molecule has 1 amide bonds. The summed E-state index contributed by atoms with van der Waals surface area (Å²) < 4.78 is 4.57. The molecule has 0 aliphatic carbocycles. The zero-order valence-electron chi connectivity index (χ0n) is 11.0. The summed E-state index contributed by atoms with van der Waals surface area (Å²) >= 11 is 0. The van der Waals surface area contributed by atoms with E-state index in [1.807, 2.05) is 12.2 Å². The van der Waals surface area contributed by atoms with Crippen molar-refractivity contribution in [2.75, 3.05) is 13.7 Å². The Morgan fingerprint density at radius 1 is 1.42 bits per heavy atom. The van der Waals surface area contributed by atoms with Gasteiger partial charge < -0.3 is 15.2 Å². The molecule has 0 aliphatic rings. The zero-order chi connectivity index (χ0) is 14.3. The maximum atomic E-state index is 11.4. The van der Waals surface area contributed by atoms with Gasteiger partial charge in [0.25, 0.3) is 0 Å². The van der Waals surface area contributed by atoms with E-state index >= 15 is 0 Å². The minimum absolute atomic E-state index is 0.0639. The Labute approximate surface area is 111 Å². The van der Waals surface area contributed by atoms with Crippen molar-refractivity contribution in [2.45, 2.75) is 13.3 Å². The SMILES string of the molecule is COC(=O)c1cc(C=CCCNC(C)=O)ccc1O. The summed E-state index contributed by atoms with van der Waals surface area (Å²) in [6.07, 6.45) is 4.38. The van der Waals surface area contributed by atoms with Crippen LogP contribution in [0.5, 0.6) is 5.75 Å². The van der Waals surface area contributed by atoms with Crippen LogP contribution < -0.4 is 5.32 Å². The number of ether oxygens (including phenoxy) is 1. The van der Waals surface area contributed by atoms with Gasteiger partial charge in [0.2, 0.25) is 5.91 Å². The fourth-order valence-corrected chi connectivity index (χ4v) is 1.48. The van der Waals surface area contributed by atoms with E-state index in [0.29, 0.717) is 13.0 Å². The molecule has 1 aromatic rings. The fourth-order valence-electron chi connectivity index (χ4n) is 1.48. The molecule has 19 heavy (non-hydrogen) atoms. The van der Waals surface area contributed by atoms with E-state index in [1.54, 1.807) is 12.1 Å². The first kappa shape index (κ1) is 14.8. The Kier molecular flexibility index (Phi) is 5.60. The second-order valence-electron chi connectivity index (χ2n) is 3.94. The van der Waals surface area contributed by atoms with Gasteiger partial charge in [-0.2, -0.15) is 0 Å². The first-order valence-electron chi connectivity index (χ1n) is 5.87. The molecule has 0 spiro atoms. The Morgan fingerprint density at radius 3 is 2.79 bits per heavy atom. The summed E-state index contributed by atoms with van der Waals surface area (Å²) in [6.45, 7) is 2.03. The number of benzene rings is 1. The molecule has 0 bridgehead atoms. The minimum atomic E-state index is -0.578. The molecule has 0 atom stereocenters. The normalized spacial score (nSPS) is 10.4. The van der Waals surface area contributed by atoms with Crippen LogP contribution in [0.15, 0.2) is 24.3 Å². The molecule has 1 aromatic carbocycles. The highest BCUT2D eigenvalue weighted by Gasteiger charge is 2.10. The number of hydrogen-bond acceptors (Lipinski definition) is 4. The largest absolute Gasteiger partial charge is 0.507 e. The van der Waals surface area contributed by atoms with Crippen molar-refractivity contribution in [1.29, 1.82) is 0 Å². The number of methoxy groups -OCH3 is 1. The molecule has 0 aromatic heterocycles. The standard InChI is InChI=1S/C14H17NO4/c1-10(16)15-8-4-3-5-11-6-7-13(17)12(9-11)14(18)19-2/h3,5-7,9,17H,4,8H2,1-2H3,(H,15,16). The van der Waals surface area contributed by atoms with Gasteiger partial charge in [-0.05, 0) is 24.1 Å². The molecule has 5 nitrogen and oxygen atoms in total. The summed E-state index contributed by atoms with van der Waals surface area (Å²) in [7, 11) is 1.26. The number of aromatic hydroxyl groups is 1. The Morgan fingerprint density at radius 2 is 2.16 bits per heavy atom. The van der Waals surface area contributed by atoms with Gasteiger partial charge in [-0.1, -0.05) is 18.2 Å². The van der Waals surface area contributed by atoms with Crippen LogP contribution >= 0.6 is 0 Å². The third-order valence-corrected chi connectivity index (χ3v) is 2.42. The zero-order valence-corrected chi connectivity index (χ0v) is 11.0. The predicted molar refractivity (Wildman–Crippen MR) is 71.8 cm³/mol. The van der Waals surface area contributed by atoms with Crippen molar-refractivity contribution in [3.63, 3.8) is 0 Å². The Hall–Kier alpha value is -2.30. The Balaban J connectivity index is 2.66. The van der Waals surface area contributed by atoms with Crippen LogP contribution in [-0.2, 0) is 9.53 Å². The van der Waals surface area contributed by atoms with E-state index in [4.69, 9.17) is 0 Å². The van der Waals surface area contributed by atoms with E-state index in [0.717, 1.165) is 5.56 Å². The third-order valence-electron chi connectivity index (χ3n) is 2.42. The van der Waals surface area contributed by atoms with Crippen molar-refractivity contribution in [3.05, 3.63) is 35.4 Å². The number of carbonyl (C=O) groups excluding carboxylic acids is 2. The van der Waals surface area contributed by atoms with Crippen molar-refractivity contribution in [2.24, 2.45) is 0 Å². The molecule has 5 heteroatoms. The lowest BCUT2D eigenvalue weighted by molar-refractivity contribution is -0.118. The number of rotatable bonds is 5.